The Kier molecular flexibility index (Phi) is 3.92. The summed E-state index contributed by atoms with van der Waals surface area (Å²) in [5.41, 5.74) is 7.55. The van der Waals surface area contributed by atoms with Gasteiger partial charge in [-0.15, -0.1) is 0 Å². The van der Waals surface area contributed by atoms with Crippen LogP contribution in [0.25, 0.3) is 11.3 Å². The second-order valence-corrected chi connectivity index (χ2v) is 9.08. The van der Waals surface area contributed by atoms with Gasteiger partial charge in [0.1, 0.15) is 5.82 Å². The fourth-order valence-corrected chi connectivity index (χ4v) is 4.72. The molecule has 1 amide bonds. The van der Waals surface area contributed by atoms with Crippen molar-refractivity contribution >= 4 is 5.91 Å². The van der Waals surface area contributed by atoms with Crippen molar-refractivity contribution in [3.63, 3.8) is 0 Å². The standard InChI is InChI=1S/C24H24FN3O/c1-14(15-4-7-18(25)8-5-15)28-13-17-10-16(6-9-19(17)23(28)29)22-20-11-24(2,3)12-21(20)26-27-22/h4-10,14H,11-13H2,1-3H3,(H,26,27)/t14-/m1/s1. The molecule has 148 valence electrons. The Morgan fingerprint density at radius 3 is 2.66 bits per heavy atom. The van der Waals surface area contributed by atoms with Crippen molar-refractivity contribution in [1.29, 1.82) is 0 Å². The number of carbonyl (C=O) groups is 1. The van der Waals surface area contributed by atoms with Gasteiger partial charge in [0.05, 0.1) is 11.7 Å². The first-order chi connectivity index (χ1) is 13.8. The molecule has 2 heterocycles. The summed E-state index contributed by atoms with van der Waals surface area (Å²) >= 11 is 0. The van der Waals surface area contributed by atoms with Crippen molar-refractivity contribution in [2.75, 3.05) is 0 Å². The average molecular weight is 389 g/mol. The molecule has 0 fully saturated rings. The first-order valence-electron chi connectivity index (χ1n) is 10.1. The molecule has 1 N–H and O–H groups in total. The van der Waals surface area contributed by atoms with Gasteiger partial charge in [-0.2, -0.15) is 5.10 Å². The average Bonchev–Trinajstić information content (AvgIpc) is 3.31. The molecule has 4 nitrogen and oxygen atoms in total. The minimum absolute atomic E-state index is 0.0248. The first-order valence-corrected chi connectivity index (χ1v) is 10.1. The molecule has 5 heteroatoms. The summed E-state index contributed by atoms with van der Waals surface area (Å²) in [5.74, 6) is -0.242. The van der Waals surface area contributed by atoms with Crippen molar-refractivity contribution in [1.82, 2.24) is 15.1 Å². The van der Waals surface area contributed by atoms with Crippen LogP contribution in [0.1, 0.15) is 59.6 Å². The number of fused-ring (bicyclic) bond motifs is 2. The Bertz CT molecular complexity index is 1110. The van der Waals surface area contributed by atoms with Crippen LogP contribution in [0.4, 0.5) is 4.39 Å². The van der Waals surface area contributed by atoms with E-state index in [1.165, 1.54) is 23.4 Å². The fourth-order valence-electron chi connectivity index (χ4n) is 4.72. The lowest BCUT2D eigenvalue weighted by atomic mass is 9.90. The van der Waals surface area contributed by atoms with E-state index in [2.05, 4.69) is 30.1 Å². The van der Waals surface area contributed by atoms with Crippen LogP contribution < -0.4 is 0 Å². The Balaban J connectivity index is 1.45. The molecule has 5 rings (SSSR count). The highest BCUT2D eigenvalue weighted by molar-refractivity contribution is 5.99. The lowest BCUT2D eigenvalue weighted by Crippen LogP contribution is -2.27. The number of rotatable bonds is 3. The fraction of sp³-hybridized carbons (Fsp3) is 0.333. The van der Waals surface area contributed by atoms with Crippen LogP contribution in [0.15, 0.2) is 42.5 Å². The maximum atomic E-state index is 13.3. The van der Waals surface area contributed by atoms with Gasteiger partial charge < -0.3 is 4.90 Å². The molecule has 0 bridgehead atoms. The van der Waals surface area contributed by atoms with Crippen molar-refractivity contribution in [2.45, 2.75) is 46.2 Å². The van der Waals surface area contributed by atoms with Gasteiger partial charge >= 0.3 is 0 Å². The van der Waals surface area contributed by atoms with E-state index < -0.39 is 0 Å². The Morgan fingerprint density at radius 1 is 1.14 bits per heavy atom. The molecule has 1 atom stereocenters. The number of H-pyrrole nitrogens is 1. The van der Waals surface area contributed by atoms with E-state index in [1.54, 1.807) is 12.1 Å². The van der Waals surface area contributed by atoms with E-state index in [1.807, 2.05) is 24.0 Å². The van der Waals surface area contributed by atoms with Gasteiger partial charge in [0.15, 0.2) is 0 Å². The summed E-state index contributed by atoms with van der Waals surface area (Å²) in [4.78, 5) is 14.8. The normalized spacial score (nSPS) is 18.1. The van der Waals surface area contributed by atoms with Crippen molar-refractivity contribution in [2.24, 2.45) is 5.41 Å². The highest BCUT2D eigenvalue weighted by Crippen LogP contribution is 2.41. The molecule has 0 unspecified atom stereocenters. The number of aromatic nitrogens is 2. The van der Waals surface area contributed by atoms with Crippen LogP contribution in [0, 0.1) is 11.2 Å². The Morgan fingerprint density at radius 2 is 1.90 bits per heavy atom. The van der Waals surface area contributed by atoms with Gasteiger partial charge in [0, 0.05) is 28.9 Å². The zero-order valence-electron chi connectivity index (χ0n) is 16.9. The number of halogens is 1. The lowest BCUT2D eigenvalue weighted by molar-refractivity contribution is 0.0716. The second-order valence-electron chi connectivity index (χ2n) is 9.08. The lowest BCUT2D eigenvalue weighted by Gasteiger charge is -2.24. The monoisotopic (exact) mass is 389 g/mol. The van der Waals surface area contributed by atoms with Gasteiger partial charge in [-0.05, 0) is 60.6 Å². The molecule has 1 aromatic heterocycles. The number of nitrogens with one attached hydrogen (secondary N) is 1. The summed E-state index contributed by atoms with van der Waals surface area (Å²) in [7, 11) is 0. The highest BCUT2D eigenvalue weighted by Gasteiger charge is 2.34. The predicted octanol–water partition coefficient (Wildman–Crippen LogP) is 5.06. The van der Waals surface area contributed by atoms with E-state index >= 15 is 0 Å². The molecule has 2 aromatic carbocycles. The van der Waals surface area contributed by atoms with Crippen LogP contribution in [-0.4, -0.2) is 21.0 Å². The first kappa shape index (κ1) is 18.1. The maximum absolute atomic E-state index is 13.3. The van der Waals surface area contributed by atoms with Gasteiger partial charge in [-0.1, -0.05) is 32.0 Å². The molecule has 1 aliphatic heterocycles. The molecule has 0 radical (unpaired) electrons. The molecule has 29 heavy (non-hydrogen) atoms. The quantitative estimate of drug-likeness (QED) is 0.681. The number of nitrogens with zero attached hydrogens (tertiary/aromatic N) is 2. The van der Waals surface area contributed by atoms with E-state index in [9.17, 15) is 9.18 Å². The molecule has 0 saturated carbocycles. The minimum Gasteiger partial charge on any atom is -0.328 e. The number of hydrogen-bond acceptors (Lipinski definition) is 2. The van der Waals surface area contributed by atoms with Crippen LogP contribution >= 0.6 is 0 Å². The Labute approximate surface area is 169 Å². The second kappa shape index (κ2) is 6.28. The molecule has 3 aromatic rings. The van der Waals surface area contributed by atoms with E-state index in [0.29, 0.717) is 6.54 Å². The third-order valence-corrected chi connectivity index (χ3v) is 6.29. The zero-order valence-corrected chi connectivity index (χ0v) is 16.9. The summed E-state index contributed by atoms with van der Waals surface area (Å²) in [6.45, 7) is 7.10. The summed E-state index contributed by atoms with van der Waals surface area (Å²) in [5, 5.41) is 7.78. The van der Waals surface area contributed by atoms with E-state index in [4.69, 9.17) is 0 Å². The summed E-state index contributed by atoms with van der Waals surface area (Å²) < 4.78 is 13.3. The minimum atomic E-state index is -0.267. The van der Waals surface area contributed by atoms with Crippen LogP contribution in [0.5, 0.6) is 0 Å². The topological polar surface area (TPSA) is 49.0 Å². The number of aromatic amines is 1. The molecular weight excluding hydrogens is 365 g/mol. The smallest absolute Gasteiger partial charge is 0.255 e. The van der Waals surface area contributed by atoms with Crippen molar-refractivity contribution < 1.29 is 9.18 Å². The van der Waals surface area contributed by atoms with Crippen molar-refractivity contribution in [3.8, 4) is 11.3 Å². The van der Waals surface area contributed by atoms with Gasteiger partial charge in [0.2, 0.25) is 0 Å². The maximum Gasteiger partial charge on any atom is 0.255 e. The number of hydrogen-bond donors (Lipinski definition) is 1. The Hall–Kier alpha value is -2.95. The largest absolute Gasteiger partial charge is 0.328 e. The number of amides is 1. The zero-order chi connectivity index (χ0) is 20.3. The molecule has 2 aliphatic rings. The third kappa shape index (κ3) is 2.96. The number of carbonyl (C=O) groups excluding carboxylic acids is 1. The molecule has 0 spiro atoms. The summed E-state index contributed by atoms with van der Waals surface area (Å²) in [6.07, 6.45) is 2.03. The van der Waals surface area contributed by atoms with Crippen molar-refractivity contribution in [3.05, 3.63) is 76.2 Å². The van der Waals surface area contributed by atoms with E-state index in [0.717, 1.165) is 40.8 Å². The van der Waals surface area contributed by atoms with E-state index in [-0.39, 0.29) is 23.2 Å². The van der Waals surface area contributed by atoms with Crippen LogP contribution in [0.2, 0.25) is 0 Å². The SMILES string of the molecule is C[C@H](c1ccc(F)cc1)N1Cc2cc(-c3n[nH]c4c3CC(C)(C)C4)ccc2C1=O. The highest BCUT2D eigenvalue weighted by atomic mass is 19.1. The van der Waals surface area contributed by atoms with Gasteiger partial charge in [-0.3, -0.25) is 9.89 Å². The van der Waals surface area contributed by atoms with Gasteiger partial charge in [-0.25, -0.2) is 4.39 Å². The summed E-state index contributed by atoms with van der Waals surface area (Å²) in [6, 6.07) is 12.3. The molecule has 0 saturated heterocycles. The third-order valence-electron chi connectivity index (χ3n) is 6.29. The van der Waals surface area contributed by atoms with Crippen LogP contribution in [0.3, 0.4) is 0 Å². The van der Waals surface area contributed by atoms with Crippen LogP contribution in [-0.2, 0) is 19.4 Å². The van der Waals surface area contributed by atoms with Gasteiger partial charge in [0.25, 0.3) is 5.91 Å². The predicted molar refractivity (Wildman–Crippen MR) is 110 cm³/mol. The molecular formula is C24H24FN3O. The number of benzene rings is 2. The molecule has 1 aliphatic carbocycles.